The van der Waals surface area contributed by atoms with Crippen molar-refractivity contribution in [3.8, 4) is 11.8 Å². The molecule has 1 fully saturated rings. The summed E-state index contributed by atoms with van der Waals surface area (Å²) < 4.78 is 5.50. The SMILES string of the molecule is N#Cc1ccc(OCC(=O)NC2(c3ccccc3)CCC2)cc1. The maximum Gasteiger partial charge on any atom is 0.258 e. The summed E-state index contributed by atoms with van der Waals surface area (Å²) in [5.74, 6) is 0.458. The van der Waals surface area contributed by atoms with E-state index in [1.807, 2.05) is 24.3 Å². The first kappa shape index (κ1) is 15.1. The summed E-state index contributed by atoms with van der Waals surface area (Å²) in [6.45, 7) is -0.0273. The van der Waals surface area contributed by atoms with E-state index in [0.29, 0.717) is 11.3 Å². The van der Waals surface area contributed by atoms with Crippen LogP contribution in [0.1, 0.15) is 30.4 Å². The fourth-order valence-electron chi connectivity index (χ4n) is 2.85. The molecule has 0 saturated heterocycles. The van der Waals surface area contributed by atoms with Gasteiger partial charge in [-0.15, -0.1) is 0 Å². The quantitative estimate of drug-likeness (QED) is 0.923. The Balaban J connectivity index is 1.59. The van der Waals surface area contributed by atoms with Gasteiger partial charge < -0.3 is 10.1 Å². The Bertz CT molecular complexity index is 713. The highest BCUT2D eigenvalue weighted by molar-refractivity contribution is 5.78. The molecule has 2 aromatic rings. The predicted octanol–water partition coefficient (Wildman–Crippen LogP) is 3.13. The first-order valence-electron chi connectivity index (χ1n) is 7.71. The van der Waals surface area contributed by atoms with Gasteiger partial charge in [0, 0.05) is 0 Å². The monoisotopic (exact) mass is 306 g/mol. The van der Waals surface area contributed by atoms with Gasteiger partial charge in [0.1, 0.15) is 5.75 Å². The van der Waals surface area contributed by atoms with Gasteiger partial charge in [-0.1, -0.05) is 30.3 Å². The number of ether oxygens (including phenoxy) is 1. The molecule has 0 heterocycles. The standard InChI is InChI=1S/C19H18N2O2/c20-13-15-7-9-17(10-8-15)23-14-18(22)21-19(11-4-12-19)16-5-2-1-3-6-16/h1-3,5-10H,4,11-12,14H2,(H,21,22). The molecule has 4 nitrogen and oxygen atoms in total. The molecule has 4 heteroatoms. The lowest BCUT2D eigenvalue weighted by Crippen LogP contribution is -2.52. The molecule has 0 bridgehead atoms. The molecule has 1 aliphatic carbocycles. The van der Waals surface area contributed by atoms with E-state index in [-0.39, 0.29) is 18.1 Å². The van der Waals surface area contributed by atoms with Gasteiger partial charge in [-0.2, -0.15) is 5.26 Å². The predicted molar refractivity (Wildman–Crippen MR) is 86.8 cm³/mol. The number of amides is 1. The highest BCUT2D eigenvalue weighted by Crippen LogP contribution is 2.41. The number of hydrogen-bond donors (Lipinski definition) is 1. The number of carbonyl (C=O) groups is 1. The summed E-state index contributed by atoms with van der Waals surface area (Å²) >= 11 is 0. The van der Waals surface area contributed by atoms with Crippen molar-refractivity contribution in [3.05, 3.63) is 65.7 Å². The van der Waals surface area contributed by atoms with Crippen LogP contribution in [0.4, 0.5) is 0 Å². The van der Waals surface area contributed by atoms with Gasteiger partial charge in [0.05, 0.1) is 17.2 Å². The lowest BCUT2D eigenvalue weighted by atomic mass is 9.72. The van der Waals surface area contributed by atoms with Gasteiger partial charge >= 0.3 is 0 Å². The van der Waals surface area contributed by atoms with Gasteiger partial charge in [0.2, 0.25) is 0 Å². The van der Waals surface area contributed by atoms with Crippen LogP contribution in [-0.2, 0) is 10.3 Å². The van der Waals surface area contributed by atoms with Crippen LogP contribution in [0.15, 0.2) is 54.6 Å². The fraction of sp³-hybridized carbons (Fsp3) is 0.263. The Morgan fingerprint density at radius 1 is 1.13 bits per heavy atom. The smallest absolute Gasteiger partial charge is 0.258 e. The van der Waals surface area contributed by atoms with E-state index in [9.17, 15) is 4.79 Å². The average Bonchev–Trinajstić information content (AvgIpc) is 2.57. The second-order valence-electron chi connectivity index (χ2n) is 5.77. The molecule has 23 heavy (non-hydrogen) atoms. The Hall–Kier alpha value is -2.80. The molecule has 2 aromatic carbocycles. The molecule has 1 amide bonds. The largest absolute Gasteiger partial charge is 0.484 e. The summed E-state index contributed by atoms with van der Waals surface area (Å²) in [4.78, 5) is 12.2. The highest BCUT2D eigenvalue weighted by Gasteiger charge is 2.39. The molecule has 0 aliphatic heterocycles. The number of nitrogens with one attached hydrogen (secondary N) is 1. The molecule has 1 aliphatic rings. The van der Waals surface area contributed by atoms with E-state index in [1.54, 1.807) is 24.3 Å². The van der Waals surface area contributed by atoms with Crippen molar-refractivity contribution in [1.29, 1.82) is 5.26 Å². The van der Waals surface area contributed by atoms with E-state index >= 15 is 0 Å². The Morgan fingerprint density at radius 2 is 1.83 bits per heavy atom. The number of carbonyl (C=O) groups excluding carboxylic acids is 1. The summed E-state index contributed by atoms with van der Waals surface area (Å²) in [6.07, 6.45) is 3.03. The lowest BCUT2D eigenvalue weighted by molar-refractivity contribution is -0.126. The van der Waals surface area contributed by atoms with E-state index in [0.717, 1.165) is 24.8 Å². The minimum Gasteiger partial charge on any atom is -0.484 e. The molecule has 0 atom stereocenters. The van der Waals surface area contributed by atoms with Crippen LogP contribution in [-0.4, -0.2) is 12.5 Å². The lowest BCUT2D eigenvalue weighted by Gasteiger charge is -2.43. The van der Waals surface area contributed by atoms with Crippen molar-refractivity contribution in [3.63, 3.8) is 0 Å². The van der Waals surface area contributed by atoms with E-state index in [4.69, 9.17) is 10.00 Å². The molecular formula is C19H18N2O2. The zero-order valence-electron chi connectivity index (χ0n) is 12.8. The molecule has 116 valence electrons. The molecule has 0 unspecified atom stereocenters. The van der Waals surface area contributed by atoms with Gasteiger partial charge in [0.25, 0.3) is 5.91 Å². The van der Waals surface area contributed by atoms with Crippen LogP contribution in [0.2, 0.25) is 0 Å². The van der Waals surface area contributed by atoms with Gasteiger partial charge in [0.15, 0.2) is 6.61 Å². The maximum absolute atomic E-state index is 12.2. The molecule has 1 N–H and O–H groups in total. The van der Waals surface area contributed by atoms with Crippen molar-refractivity contribution in [2.24, 2.45) is 0 Å². The number of benzene rings is 2. The third kappa shape index (κ3) is 3.35. The maximum atomic E-state index is 12.2. The second-order valence-corrected chi connectivity index (χ2v) is 5.77. The van der Waals surface area contributed by atoms with Crippen LogP contribution in [0.25, 0.3) is 0 Å². The van der Waals surface area contributed by atoms with Gasteiger partial charge in [-0.3, -0.25) is 4.79 Å². The van der Waals surface area contributed by atoms with Crippen molar-refractivity contribution in [2.45, 2.75) is 24.8 Å². The van der Waals surface area contributed by atoms with Crippen molar-refractivity contribution < 1.29 is 9.53 Å². The van der Waals surface area contributed by atoms with Crippen LogP contribution in [0, 0.1) is 11.3 Å². The summed E-state index contributed by atoms with van der Waals surface area (Å²) in [6, 6.07) is 18.9. The number of hydrogen-bond acceptors (Lipinski definition) is 3. The van der Waals surface area contributed by atoms with Crippen molar-refractivity contribution in [1.82, 2.24) is 5.32 Å². The van der Waals surface area contributed by atoms with Gasteiger partial charge in [-0.25, -0.2) is 0 Å². The molecule has 0 spiro atoms. The summed E-state index contributed by atoms with van der Waals surface area (Å²) in [5.41, 5.74) is 1.48. The van der Waals surface area contributed by atoms with Crippen LogP contribution in [0.5, 0.6) is 5.75 Å². The molecule has 0 radical (unpaired) electrons. The number of rotatable bonds is 5. The van der Waals surface area contributed by atoms with Crippen molar-refractivity contribution in [2.75, 3.05) is 6.61 Å². The van der Waals surface area contributed by atoms with Crippen molar-refractivity contribution >= 4 is 5.91 Å². The minimum atomic E-state index is -0.244. The Morgan fingerprint density at radius 3 is 2.39 bits per heavy atom. The highest BCUT2D eigenvalue weighted by atomic mass is 16.5. The number of nitrogens with zero attached hydrogens (tertiary/aromatic N) is 1. The molecule has 1 saturated carbocycles. The second kappa shape index (κ2) is 6.53. The molecule has 3 rings (SSSR count). The first-order chi connectivity index (χ1) is 11.2. The van der Waals surface area contributed by atoms with E-state index in [2.05, 4.69) is 17.4 Å². The number of nitriles is 1. The van der Waals surface area contributed by atoms with E-state index in [1.165, 1.54) is 0 Å². The molecule has 0 aromatic heterocycles. The third-order valence-corrected chi connectivity index (χ3v) is 4.27. The van der Waals surface area contributed by atoms with Crippen LogP contribution in [0.3, 0.4) is 0 Å². The van der Waals surface area contributed by atoms with Crippen LogP contribution < -0.4 is 10.1 Å². The normalized spacial score (nSPS) is 15.1. The topological polar surface area (TPSA) is 62.1 Å². The van der Waals surface area contributed by atoms with Crippen LogP contribution >= 0.6 is 0 Å². The summed E-state index contributed by atoms with van der Waals surface area (Å²) in [5, 5.41) is 11.9. The molecular weight excluding hydrogens is 288 g/mol. The zero-order valence-corrected chi connectivity index (χ0v) is 12.8. The van der Waals surface area contributed by atoms with Gasteiger partial charge in [-0.05, 0) is 49.1 Å². The fourth-order valence-corrected chi connectivity index (χ4v) is 2.85. The Labute approximate surface area is 135 Å². The average molecular weight is 306 g/mol. The minimum absolute atomic E-state index is 0.0273. The Kier molecular flexibility index (Phi) is 4.29. The third-order valence-electron chi connectivity index (χ3n) is 4.27. The summed E-state index contributed by atoms with van der Waals surface area (Å²) in [7, 11) is 0. The van der Waals surface area contributed by atoms with E-state index < -0.39 is 0 Å². The zero-order chi connectivity index (χ0) is 16.1. The first-order valence-corrected chi connectivity index (χ1v) is 7.71.